The van der Waals surface area contributed by atoms with E-state index in [-0.39, 0.29) is 18.4 Å². The highest BCUT2D eigenvalue weighted by atomic mass is 35.5. The first-order chi connectivity index (χ1) is 7.77. The minimum atomic E-state index is 0. The Morgan fingerprint density at radius 1 is 1.18 bits per heavy atom. The van der Waals surface area contributed by atoms with Gasteiger partial charge in [0, 0.05) is 13.6 Å². The third-order valence-electron chi connectivity index (χ3n) is 3.99. The third kappa shape index (κ3) is 4.14. The van der Waals surface area contributed by atoms with E-state index in [1.807, 2.05) is 11.9 Å². The van der Waals surface area contributed by atoms with Gasteiger partial charge in [0.25, 0.3) is 0 Å². The van der Waals surface area contributed by atoms with E-state index < -0.39 is 0 Å². The van der Waals surface area contributed by atoms with Gasteiger partial charge in [-0.05, 0) is 38.1 Å². The Morgan fingerprint density at radius 2 is 1.82 bits per heavy atom. The third-order valence-corrected chi connectivity index (χ3v) is 3.99. The normalized spacial score (nSPS) is 25.4. The van der Waals surface area contributed by atoms with Crippen LogP contribution in [0.1, 0.15) is 44.9 Å². The fraction of sp³-hybridized carbons (Fsp3) is 0.923. The zero-order chi connectivity index (χ0) is 11.4. The van der Waals surface area contributed by atoms with E-state index in [4.69, 9.17) is 0 Å². The van der Waals surface area contributed by atoms with E-state index in [2.05, 4.69) is 5.32 Å². The zero-order valence-electron chi connectivity index (χ0n) is 10.8. The van der Waals surface area contributed by atoms with Crippen molar-refractivity contribution in [3.05, 3.63) is 0 Å². The van der Waals surface area contributed by atoms with E-state index >= 15 is 0 Å². The van der Waals surface area contributed by atoms with Gasteiger partial charge in [0.05, 0.1) is 6.04 Å². The summed E-state index contributed by atoms with van der Waals surface area (Å²) >= 11 is 0. The maximum atomic E-state index is 12.1. The molecular weight excluding hydrogens is 236 g/mol. The molecule has 1 saturated carbocycles. The molecule has 1 amide bonds. The molecule has 3 nitrogen and oxygen atoms in total. The molecule has 2 fully saturated rings. The molecule has 0 spiro atoms. The monoisotopic (exact) mass is 260 g/mol. The van der Waals surface area contributed by atoms with Crippen molar-refractivity contribution in [1.29, 1.82) is 0 Å². The Kier molecular flexibility index (Phi) is 6.28. The smallest absolute Gasteiger partial charge is 0.239 e. The highest BCUT2D eigenvalue weighted by molar-refractivity contribution is 5.85. The van der Waals surface area contributed by atoms with E-state index in [0.717, 1.165) is 25.4 Å². The molecule has 2 aliphatic rings. The lowest BCUT2D eigenvalue weighted by Gasteiger charge is -2.29. The lowest BCUT2D eigenvalue weighted by atomic mass is 10.0. The van der Waals surface area contributed by atoms with Gasteiger partial charge in [0.1, 0.15) is 0 Å². The number of rotatable bonds is 3. The highest BCUT2D eigenvalue weighted by Crippen LogP contribution is 2.25. The topological polar surface area (TPSA) is 32.3 Å². The summed E-state index contributed by atoms with van der Waals surface area (Å²) in [6, 6.07) is 0.0974. The van der Waals surface area contributed by atoms with Crippen LogP contribution < -0.4 is 5.32 Å². The van der Waals surface area contributed by atoms with Crippen molar-refractivity contribution in [2.24, 2.45) is 5.92 Å². The van der Waals surface area contributed by atoms with Gasteiger partial charge in [0.2, 0.25) is 5.91 Å². The van der Waals surface area contributed by atoms with Crippen LogP contribution in [0.25, 0.3) is 0 Å². The van der Waals surface area contributed by atoms with Gasteiger partial charge >= 0.3 is 0 Å². The summed E-state index contributed by atoms with van der Waals surface area (Å²) in [6.45, 7) is 1.98. The maximum Gasteiger partial charge on any atom is 0.239 e. The molecule has 17 heavy (non-hydrogen) atoms. The SMILES string of the molecule is CN(CC1CCCC1)C(=O)[C@@H]1CCCCN1.Cl. The van der Waals surface area contributed by atoms with E-state index in [1.54, 1.807) is 0 Å². The summed E-state index contributed by atoms with van der Waals surface area (Å²) in [6.07, 6.45) is 8.78. The minimum Gasteiger partial charge on any atom is -0.344 e. The number of carbonyl (C=O) groups is 1. The van der Waals surface area contributed by atoms with Crippen molar-refractivity contribution >= 4 is 18.3 Å². The number of hydrogen-bond acceptors (Lipinski definition) is 2. The molecule has 4 heteroatoms. The minimum absolute atomic E-state index is 0. The molecule has 1 atom stereocenters. The number of amides is 1. The van der Waals surface area contributed by atoms with Gasteiger partial charge in [-0.1, -0.05) is 19.3 Å². The predicted octanol–water partition coefficient (Wildman–Crippen LogP) is 2.20. The first-order valence-electron chi connectivity index (χ1n) is 6.76. The molecular formula is C13H25ClN2O. The van der Waals surface area contributed by atoms with Crippen molar-refractivity contribution in [3.63, 3.8) is 0 Å². The Balaban J connectivity index is 0.00000144. The average molecular weight is 261 g/mol. The zero-order valence-corrected chi connectivity index (χ0v) is 11.6. The van der Waals surface area contributed by atoms with Crippen molar-refractivity contribution in [2.45, 2.75) is 51.0 Å². The summed E-state index contributed by atoms with van der Waals surface area (Å²) < 4.78 is 0. The summed E-state index contributed by atoms with van der Waals surface area (Å²) in [5.41, 5.74) is 0. The molecule has 1 heterocycles. The van der Waals surface area contributed by atoms with Crippen LogP contribution in [0.5, 0.6) is 0 Å². The van der Waals surface area contributed by atoms with E-state index in [0.29, 0.717) is 5.91 Å². The lowest BCUT2D eigenvalue weighted by molar-refractivity contribution is -0.133. The molecule has 0 unspecified atom stereocenters. The number of halogens is 1. The number of carbonyl (C=O) groups excluding carboxylic acids is 1. The second-order valence-electron chi connectivity index (χ2n) is 5.37. The van der Waals surface area contributed by atoms with Crippen molar-refractivity contribution in [2.75, 3.05) is 20.1 Å². The largest absolute Gasteiger partial charge is 0.344 e. The Morgan fingerprint density at radius 3 is 2.41 bits per heavy atom. The van der Waals surface area contributed by atoms with Crippen LogP contribution in [0.4, 0.5) is 0 Å². The average Bonchev–Trinajstić information content (AvgIpc) is 2.82. The number of nitrogens with zero attached hydrogens (tertiary/aromatic N) is 1. The van der Waals surface area contributed by atoms with Gasteiger partial charge in [-0.15, -0.1) is 12.4 Å². The second-order valence-corrected chi connectivity index (χ2v) is 5.37. The molecule has 0 aromatic heterocycles. The van der Waals surface area contributed by atoms with E-state index in [1.165, 1.54) is 38.5 Å². The van der Waals surface area contributed by atoms with Crippen LogP contribution in [0.2, 0.25) is 0 Å². The van der Waals surface area contributed by atoms with Crippen molar-refractivity contribution < 1.29 is 4.79 Å². The van der Waals surface area contributed by atoms with Gasteiger partial charge in [-0.3, -0.25) is 4.79 Å². The molecule has 1 N–H and O–H groups in total. The second kappa shape index (κ2) is 7.22. The summed E-state index contributed by atoms with van der Waals surface area (Å²) in [5, 5.41) is 3.33. The fourth-order valence-electron chi connectivity index (χ4n) is 3.00. The number of nitrogens with one attached hydrogen (secondary N) is 1. The Hall–Kier alpha value is -0.280. The standard InChI is InChI=1S/C13H24N2O.ClH/c1-15(10-11-6-2-3-7-11)13(16)12-8-4-5-9-14-12;/h11-12,14H,2-10H2,1H3;1H/t12-;/m0./s1. The predicted molar refractivity (Wildman–Crippen MR) is 72.5 cm³/mol. The molecule has 0 aromatic rings. The van der Waals surface area contributed by atoms with E-state index in [9.17, 15) is 4.79 Å². The molecule has 2 rings (SSSR count). The van der Waals surface area contributed by atoms with Crippen LogP contribution in [0.15, 0.2) is 0 Å². The quantitative estimate of drug-likeness (QED) is 0.844. The molecule has 0 aromatic carbocycles. The summed E-state index contributed by atoms with van der Waals surface area (Å²) in [4.78, 5) is 14.1. The highest BCUT2D eigenvalue weighted by Gasteiger charge is 2.25. The Labute approximate surface area is 111 Å². The lowest BCUT2D eigenvalue weighted by Crippen LogP contribution is -2.48. The van der Waals surface area contributed by atoms with Gasteiger partial charge in [-0.25, -0.2) is 0 Å². The molecule has 1 aliphatic heterocycles. The maximum absolute atomic E-state index is 12.1. The van der Waals surface area contributed by atoms with Crippen molar-refractivity contribution in [1.82, 2.24) is 10.2 Å². The molecule has 0 radical (unpaired) electrons. The van der Waals surface area contributed by atoms with Crippen LogP contribution in [-0.4, -0.2) is 37.0 Å². The van der Waals surface area contributed by atoms with Crippen LogP contribution in [0.3, 0.4) is 0 Å². The van der Waals surface area contributed by atoms with Crippen LogP contribution >= 0.6 is 12.4 Å². The molecule has 1 aliphatic carbocycles. The Bertz CT molecular complexity index is 236. The van der Waals surface area contributed by atoms with Gasteiger partial charge < -0.3 is 10.2 Å². The number of likely N-dealkylation sites (N-methyl/N-ethyl adjacent to an activating group) is 1. The fourth-order valence-corrected chi connectivity index (χ4v) is 3.00. The van der Waals surface area contributed by atoms with Crippen LogP contribution in [-0.2, 0) is 4.79 Å². The van der Waals surface area contributed by atoms with Gasteiger partial charge in [0.15, 0.2) is 0 Å². The number of hydrogen-bond donors (Lipinski definition) is 1. The molecule has 1 saturated heterocycles. The summed E-state index contributed by atoms with van der Waals surface area (Å²) in [5.74, 6) is 1.07. The van der Waals surface area contributed by atoms with Gasteiger partial charge in [-0.2, -0.15) is 0 Å². The molecule has 0 bridgehead atoms. The molecule has 100 valence electrons. The van der Waals surface area contributed by atoms with Crippen LogP contribution in [0, 0.1) is 5.92 Å². The first-order valence-corrected chi connectivity index (χ1v) is 6.76. The number of piperidine rings is 1. The summed E-state index contributed by atoms with van der Waals surface area (Å²) in [7, 11) is 1.97. The first kappa shape index (κ1) is 14.8. The van der Waals surface area contributed by atoms with Crippen molar-refractivity contribution in [3.8, 4) is 0 Å².